The Morgan fingerprint density at radius 3 is 3.14 bits per heavy atom. The lowest BCUT2D eigenvalue weighted by Crippen LogP contribution is -2.24. The van der Waals surface area contributed by atoms with E-state index in [-0.39, 0.29) is 5.96 Å². The van der Waals surface area contributed by atoms with Crippen molar-refractivity contribution in [2.24, 2.45) is 15.8 Å². The lowest BCUT2D eigenvalue weighted by Gasteiger charge is -1.96. The molecule has 0 unspecified atom stereocenters. The minimum atomic E-state index is 0.202. The van der Waals surface area contributed by atoms with Gasteiger partial charge in [-0.05, 0) is 6.92 Å². The maximum absolute atomic E-state index is 5.53. The Morgan fingerprint density at radius 2 is 2.50 bits per heavy atom. The summed E-state index contributed by atoms with van der Waals surface area (Å²) in [7, 11) is 0. The summed E-state index contributed by atoms with van der Waals surface area (Å²) in [5.74, 6) is 0.202. The zero-order valence-electron chi connectivity index (χ0n) is 7.70. The molecule has 1 heterocycles. The largest absolute Gasteiger partial charge is 0.366 e. The first-order valence-electron chi connectivity index (χ1n) is 3.91. The van der Waals surface area contributed by atoms with E-state index in [0.717, 1.165) is 0 Å². The molecule has 14 heavy (non-hydrogen) atoms. The second-order valence-corrected chi connectivity index (χ2v) is 2.16. The molecule has 7 nitrogen and oxygen atoms in total. The van der Waals surface area contributed by atoms with E-state index in [2.05, 4.69) is 25.6 Å². The van der Waals surface area contributed by atoms with Gasteiger partial charge in [-0.2, -0.15) is 9.78 Å². The van der Waals surface area contributed by atoms with Gasteiger partial charge in [0.05, 0.1) is 0 Å². The number of hydrazone groups is 1. The van der Waals surface area contributed by atoms with Crippen LogP contribution in [-0.4, -0.2) is 26.9 Å². The Kier molecular flexibility index (Phi) is 3.86. The highest BCUT2D eigenvalue weighted by atomic mass is 15.4. The Hall–Kier alpha value is -2.18. The van der Waals surface area contributed by atoms with E-state index in [1.807, 2.05) is 6.92 Å². The van der Waals surface area contributed by atoms with Gasteiger partial charge >= 0.3 is 0 Å². The highest BCUT2D eigenvalue weighted by Crippen LogP contribution is 1.76. The standard InChI is InChI=1S/C7H11N7/c1-2-9-3-4-11-13-7(8)14-6-10-5-12-14/h2-6,11H,1H3,(H2,8,13). The van der Waals surface area contributed by atoms with Gasteiger partial charge in [0.1, 0.15) is 12.7 Å². The van der Waals surface area contributed by atoms with Gasteiger partial charge in [-0.1, -0.05) is 0 Å². The van der Waals surface area contributed by atoms with Crippen LogP contribution in [-0.2, 0) is 0 Å². The average Bonchev–Trinajstić information content (AvgIpc) is 2.70. The third-order valence-corrected chi connectivity index (χ3v) is 1.22. The fourth-order valence-corrected chi connectivity index (χ4v) is 0.644. The van der Waals surface area contributed by atoms with Gasteiger partial charge < -0.3 is 5.73 Å². The highest BCUT2D eigenvalue weighted by Gasteiger charge is 1.93. The number of nitrogens with one attached hydrogen (secondary N) is 1. The van der Waals surface area contributed by atoms with Crippen LogP contribution in [0.5, 0.6) is 0 Å². The summed E-state index contributed by atoms with van der Waals surface area (Å²) in [6, 6.07) is 0. The molecule has 0 radical (unpaired) electrons. The molecule has 0 saturated carbocycles. The molecule has 0 saturated heterocycles. The summed E-state index contributed by atoms with van der Waals surface area (Å²) in [5.41, 5.74) is 8.12. The lowest BCUT2D eigenvalue weighted by atomic mass is 10.8. The molecular weight excluding hydrogens is 182 g/mol. The van der Waals surface area contributed by atoms with E-state index in [0.29, 0.717) is 0 Å². The van der Waals surface area contributed by atoms with Gasteiger partial charge in [0, 0.05) is 18.6 Å². The number of rotatable bonds is 3. The van der Waals surface area contributed by atoms with E-state index in [9.17, 15) is 0 Å². The van der Waals surface area contributed by atoms with Crippen LogP contribution >= 0.6 is 0 Å². The SMILES string of the molecule is CC=NC=CNN=C(N)n1cncn1. The second-order valence-electron chi connectivity index (χ2n) is 2.16. The molecule has 0 amide bonds. The number of aromatic nitrogens is 3. The third-order valence-electron chi connectivity index (χ3n) is 1.22. The summed E-state index contributed by atoms with van der Waals surface area (Å²) in [6.07, 6.45) is 7.58. The minimum absolute atomic E-state index is 0.202. The van der Waals surface area contributed by atoms with Crippen LogP contribution < -0.4 is 11.2 Å². The first-order valence-corrected chi connectivity index (χ1v) is 3.91. The molecule has 0 spiro atoms. The second kappa shape index (κ2) is 5.46. The number of hydrogen-bond donors (Lipinski definition) is 2. The van der Waals surface area contributed by atoms with Crippen molar-refractivity contribution in [3.05, 3.63) is 25.1 Å². The highest BCUT2D eigenvalue weighted by molar-refractivity contribution is 5.78. The molecule has 7 heteroatoms. The number of nitrogens with zero attached hydrogens (tertiary/aromatic N) is 5. The van der Waals surface area contributed by atoms with Crippen molar-refractivity contribution < 1.29 is 0 Å². The van der Waals surface area contributed by atoms with Crippen LogP contribution in [0.1, 0.15) is 6.92 Å². The summed E-state index contributed by atoms with van der Waals surface area (Å²) < 4.78 is 1.34. The molecule has 0 aliphatic carbocycles. The fraction of sp³-hybridized carbons (Fsp3) is 0.143. The van der Waals surface area contributed by atoms with Crippen molar-refractivity contribution in [2.45, 2.75) is 6.92 Å². The Labute approximate surface area is 81.0 Å². The first-order chi connectivity index (χ1) is 6.84. The van der Waals surface area contributed by atoms with E-state index in [1.165, 1.54) is 17.3 Å². The predicted octanol–water partition coefficient (Wildman–Crippen LogP) is -0.493. The lowest BCUT2D eigenvalue weighted by molar-refractivity contribution is 0.867. The molecule has 0 aromatic carbocycles. The van der Waals surface area contributed by atoms with Crippen molar-refractivity contribution >= 4 is 12.2 Å². The predicted molar refractivity (Wildman–Crippen MR) is 53.5 cm³/mol. The normalized spacial score (nSPS) is 12.8. The van der Waals surface area contributed by atoms with Crippen molar-refractivity contribution in [1.29, 1.82) is 0 Å². The minimum Gasteiger partial charge on any atom is -0.366 e. The zero-order chi connectivity index (χ0) is 10.2. The Balaban J connectivity index is 2.45. The number of nitrogens with two attached hydrogens (primary N) is 1. The van der Waals surface area contributed by atoms with Gasteiger partial charge in [-0.25, -0.2) is 4.98 Å². The van der Waals surface area contributed by atoms with Gasteiger partial charge in [-0.3, -0.25) is 10.4 Å². The van der Waals surface area contributed by atoms with Crippen molar-refractivity contribution in [1.82, 2.24) is 20.2 Å². The molecule has 0 bridgehead atoms. The third kappa shape index (κ3) is 3.05. The van der Waals surface area contributed by atoms with Gasteiger partial charge in [-0.15, -0.1) is 5.10 Å². The summed E-state index contributed by atoms with van der Waals surface area (Å²) >= 11 is 0. The molecule has 3 N–H and O–H groups in total. The average molecular weight is 193 g/mol. The molecule has 0 atom stereocenters. The maximum Gasteiger partial charge on any atom is 0.240 e. The van der Waals surface area contributed by atoms with E-state index < -0.39 is 0 Å². The van der Waals surface area contributed by atoms with Crippen molar-refractivity contribution in [2.75, 3.05) is 0 Å². The molecular formula is C7H11N7. The molecule has 1 aromatic rings. The van der Waals surface area contributed by atoms with Crippen LogP contribution in [0, 0.1) is 0 Å². The van der Waals surface area contributed by atoms with Crippen LogP contribution in [0.25, 0.3) is 0 Å². The van der Waals surface area contributed by atoms with Crippen LogP contribution in [0.15, 0.2) is 35.1 Å². The fourth-order valence-electron chi connectivity index (χ4n) is 0.644. The van der Waals surface area contributed by atoms with E-state index >= 15 is 0 Å². The summed E-state index contributed by atoms with van der Waals surface area (Å²) in [4.78, 5) is 7.54. The first kappa shape index (κ1) is 9.90. The molecule has 1 rings (SSSR count). The van der Waals surface area contributed by atoms with Crippen LogP contribution in [0.3, 0.4) is 0 Å². The molecule has 74 valence electrons. The van der Waals surface area contributed by atoms with Crippen LogP contribution in [0.4, 0.5) is 0 Å². The van der Waals surface area contributed by atoms with E-state index in [1.54, 1.807) is 18.6 Å². The zero-order valence-corrected chi connectivity index (χ0v) is 7.70. The quantitative estimate of drug-likeness (QED) is 0.384. The molecule has 0 aliphatic rings. The molecule has 0 aliphatic heterocycles. The Morgan fingerprint density at radius 1 is 1.64 bits per heavy atom. The van der Waals surface area contributed by atoms with Gasteiger partial charge in [0.2, 0.25) is 5.96 Å². The Bertz CT molecular complexity index is 335. The number of aliphatic imine (C=N–C) groups is 1. The van der Waals surface area contributed by atoms with Crippen molar-refractivity contribution in [3.63, 3.8) is 0 Å². The maximum atomic E-state index is 5.53. The smallest absolute Gasteiger partial charge is 0.240 e. The van der Waals surface area contributed by atoms with Gasteiger partial charge in [0.25, 0.3) is 0 Å². The summed E-state index contributed by atoms with van der Waals surface area (Å²) in [6.45, 7) is 1.82. The number of hydrogen-bond acceptors (Lipinski definition) is 5. The topological polar surface area (TPSA) is 93.5 Å². The summed E-state index contributed by atoms with van der Waals surface area (Å²) in [5, 5.41) is 7.57. The molecule has 0 fully saturated rings. The van der Waals surface area contributed by atoms with E-state index in [4.69, 9.17) is 5.73 Å². The van der Waals surface area contributed by atoms with Crippen molar-refractivity contribution in [3.8, 4) is 0 Å². The monoisotopic (exact) mass is 193 g/mol. The molecule has 1 aromatic heterocycles. The van der Waals surface area contributed by atoms with Gasteiger partial charge in [0.15, 0.2) is 0 Å². The van der Waals surface area contributed by atoms with Crippen LogP contribution in [0.2, 0.25) is 0 Å².